The van der Waals surface area contributed by atoms with Gasteiger partial charge in [0.25, 0.3) is 6.08 Å². The van der Waals surface area contributed by atoms with Crippen LogP contribution in [0.5, 0.6) is 5.75 Å². The van der Waals surface area contributed by atoms with Crippen molar-refractivity contribution < 1.29 is 23.0 Å². The van der Waals surface area contributed by atoms with Crippen LogP contribution < -0.4 is 4.74 Å². The van der Waals surface area contributed by atoms with Gasteiger partial charge < -0.3 is 9.47 Å². The van der Waals surface area contributed by atoms with E-state index in [2.05, 4.69) is 0 Å². The summed E-state index contributed by atoms with van der Waals surface area (Å²) in [5, 5.41) is 0. The zero-order valence-corrected chi connectivity index (χ0v) is 14.0. The molecule has 0 fully saturated rings. The van der Waals surface area contributed by atoms with E-state index in [1.807, 2.05) is 54.6 Å². The highest BCUT2D eigenvalue weighted by atomic mass is 19.3. The Labute approximate surface area is 145 Å². The van der Waals surface area contributed by atoms with Crippen LogP contribution in [0.3, 0.4) is 0 Å². The molecule has 0 aliphatic carbocycles. The summed E-state index contributed by atoms with van der Waals surface area (Å²) >= 11 is 0. The zero-order valence-electron chi connectivity index (χ0n) is 14.0. The summed E-state index contributed by atoms with van der Waals surface area (Å²) in [7, 11) is 0. The van der Waals surface area contributed by atoms with E-state index in [0.29, 0.717) is 19.1 Å². The molecule has 0 N–H and O–H groups in total. The number of rotatable bonds is 8. The Hall–Kier alpha value is -2.69. The van der Waals surface area contributed by atoms with Crippen molar-refractivity contribution in [2.24, 2.45) is 0 Å². The predicted molar refractivity (Wildman–Crippen MR) is 92.5 cm³/mol. The molecule has 0 amide bonds. The van der Waals surface area contributed by atoms with Gasteiger partial charge in [-0.2, -0.15) is 8.78 Å². The highest BCUT2D eigenvalue weighted by molar-refractivity contribution is 5.70. The third-order valence-corrected chi connectivity index (χ3v) is 3.49. The average molecular weight is 346 g/mol. The van der Waals surface area contributed by atoms with E-state index >= 15 is 0 Å². The largest absolute Gasteiger partial charge is 0.493 e. The molecule has 0 saturated heterocycles. The van der Waals surface area contributed by atoms with Gasteiger partial charge >= 0.3 is 5.97 Å². The van der Waals surface area contributed by atoms with E-state index in [1.165, 1.54) is 6.92 Å². The minimum atomic E-state index is -1.86. The fourth-order valence-corrected chi connectivity index (χ4v) is 2.45. The Morgan fingerprint density at radius 1 is 1.08 bits per heavy atom. The molecule has 0 heterocycles. The molecule has 0 bridgehead atoms. The zero-order chi connectivity index (χ0) is 18.1. The molecule has 2 aromatic rings. The van der Waals surface area contributed by atoms with Crippen LogP contribution in [0, 0.1) is 0 Å². The summed E-state index contributed by atoms with van der Waals surface area (Å²) < 4.78 is 35.4. The van der Waals surface area contributed by atoms with Crippen LogP contribution in [-0.2, 0) is 9.53 Å². The molecular formula is C20H20F2O3. The molecule has 132 valence electrons. The first kappa shape index (κ1) is 18.6. The number of carbonyl (C=O) groups excluding carboxylic acids is 1. The van der Waals surface area contributed by atoms with E-state index in [9.17, 15) is 13.6 Å². The molecule has 2 rings (SSSR count). The maximum atomic E-state index is 12.4. The molecule has 0 saturated carbocycles. The first-order valence-electron chi connectivity index (χ1n) is 8.03. The number of esters is 1. The Balaban J connectivity index is 1.94. The van der Waals surface area contributed by atoms with Gasteiger partial charge in [-0.05, 0) is 24.5 Å². The maximum absolute atomic E-state index is 12.4. The summed E-state index contributed by atoms with van der Waals surface area (Å²) in [4.78, 5) is 11.0. The van der Waals surface area contributed by atoms with Crippen molar-refractivity contribution in [2.75, 3.05) is 6.61 Å². The van der Waals surface area contributed by atoms with Gasteiger partial charge in [-0.3, -0.25) is 4.79 Å². The van der Waals surface area contributed by atoms with Gasteiger partial charge in [0.1, 0.15) is 11.9 Å². The summed E-state index contributed by atoms with van der Waals surface area (Å²) in [5.41, 5.74) is 2.01. The highest BCUT2D eigenvalue weighted by Crippen LogP contribution is 2.29. The number of halogens is 2. The van der Waals surface area contributed by atoms with E-state index < -0.39 is 18.2 Å². The molecule has 0 aliphatic rings. The van der Waals surface area contributed by atoms with Crippen molar-refractivity contribution in [3.8, 4) is 16.9 Å². The molecule has 1 atom stereocenters. The Morgan fingerprint density at radius 2 is 1.76 bits per heavy atom. The molecule has 0 aromatic heterocycles. The third kappa shape index (κ3) is 6.37. The SMILES string of the molecule is CC(=O)OC(C=C(F)F)CCCOc1ccccc1-c1ccccc1. The van der Waals surface area contributed by atoms with E-state index in [-0.39, 0.29) is 6.42 Å². The lowest BCUT2D eigenvalue weighted by Gasteiger charge is -2.14. The second kappa shape index (κ2) is 9.57. The normalized spacial score (nSPS) is 11.5. The standard InChI is InChI=1S/C20H20F2O3/c1-15(23)25-17(14-20(21)22)10-7-13-24-19-12-6-5-11-18(19)16-8-3-2-4-9-16/h2-6,8-9,11-12,14,17H,7,10,13H2,1H3. The molecule has 0 aliphatic heterocycles. The summed E-state index contributed by atoms with van der Waals surface area (Å²) in [6.45, 7) is 1.53. The maximum Gasteiger partial charge on any atom is 0.303 e. The molecular weight excluding hydrogens is 326 g/mol. The fraction of sp³-hybridized carbons (Fsp3) is 0.250. The number of hydrogen-bond acceptors (Lipinski definition) is 3. The first-order chi connectivity index (χ1) is 12.1. The smallest absolute Gasteiger partial charge is 0.303 e. The quantitative estimate of drug-likeness (QED) is 0.485. The lowest BCUT2D eigenvalue weighted by molar-refractivity contribution is -0.144. The molecule has 1 unspecified atom stereocenters. The molecule has 2 aromatic carbocycles. The van der Waals surface area contributed by atoms with E-state index in [4.69, 9.17) is 9.47 Å². The van der Waals surface area contributed by atoms with Gasteiger partial charge in [0.05, 0.1) is 6.61 Å². The van der Waals surface area contributed by atoms with Crippen LogP contribution in [0.2, 0.25) is 0 Å². The van der Waals surface area contributed by atoms with Gasteiger partial charge in [-0.15, -0.1) is 0 Å². The Bertz CT molecular complexity index is 710. The molecule has 25 heavy (non-hydrogen) atoms. The fourth-order valence-electron chi connectivity index (χ4n) is 2.45. The first-order valence-corrected chi connectivity index (χ1v) is 8.03. The van der Waals surface area contributed by atoms with Crippen LogP contribution in [0.25, 0.3) is 11.1 Å². The molecule has 5 heteroatoms. The average Bonchev–Trinajstić information content (AvgIpc) is 2.58. The monoisotopic (exact) mass is 346 g/mol. The Morgan fingerprint density at radius 3 is 2.44 bits per heavy atom. The minimum absolute atomic E-state index is 0.268. The van der Waals surface area contributed by atoms with Crippen molar-refractivity contribution in [3.05, 3.63) is 66.8 Å². The van der Waals surface area contributed by atoms with Gasteiger partial charge in [0.2, 0.25) is 0 Å². The van der Waals surface area contributed by atoms with Crippen LogP contribution in [0.1, 0.15) is 19.8 Å². The van der Waals surface area contributed by atoms with Gasteiger partial charge in [-0.1, -0.05) is 48.5 Å². The number of para-hydroxylation sites is 1. The van der Waals surface area contributed by atoms with Crippen molar-refractivity contribution in [1.29, 1.82) is 0 Å². The van der Waals surface area contributed by atoms with Crippen molar-refractivity contribution in [3.63, 3.8) is 0 Å². The number of benzene rings is 2. The van der Waals surface area contributed by atoms with E-state index in [1.54, 1.807) is 0 Å². The van der Waals surface area contributed by atoms with Crippen LogP contribution in [-0.4, -0.2) is 18.7 Å². The second-order valence-corrected chi connectivity index (χ2v) is 5.46. The van der Waals surface area contributed by atoms with Crippen LogP contribution >= 0.6 is 0 Å². The number of carbonyl (C=O) groups is 1. The predicted octanol–water partition coefficient (Wildman–Crippen LogP) is 5.22. The minimum Gasteiger partial charge on any atom is -0.493 e. The lowest BCUT2D eigenvalue weighted by atomic mass is 10.1. The van der Waals surface area contributed by atoms with Crippen LogP contribution in [0.15, 0.2) is 66.8 Å². The number of hydrogen-bond donors (Lipinski definition) is 0. The molecule has 3 nitrogen and oxygen atoms in total. The Kier molecular flexibility index (Phi) is 7.14. The molecule has 0 radical (unpaired) electrons. The summed E-state index contributed by atoms with van der Waals surface area (Å²) in [5.74, 6) is 0.141. The topological polar surface area (TPSA) is 35.5 Å². The van der Waals surface area contributed by atoms with Gasteiger partial charge in [0.15, 0.2) is 0 Å². The second-order valence-electron chi connectivity index (χ2n) is 5.46. The van der Waals surface area contributed by atoms with Crippen LogP contribution in [0.4, 0.5) is 8.78 Å². The lowest BCUT2D eigenvalue weighted by Crippen LogP contribution is -2.15. The van der Waals surface area contributed by atoms with Crippen molar-refractivity contribution in [1.82, 2.24) is 0 Å². The summed E-state index contributed by atoms with van der Waals surface area (Å²) in [6, 6.07) is 17.5. The third-order valence-electron chi connectivity index (χ3n) is 3.49. The summed E-state index contributed by atoms with van der Waals surface area (Å²) in [6.07, 6.45) is -1.40. The van der Waals surface area contributed by atoms with Gasteiger partial charge in [-0.25, -0.2) is 0 Å². The number of ether oxygens (including phenoxy) is 2. The molecule has 0 spiro atoms. The highest BCUT2D eigenvalue weighted by Gasteiger charge is 2.12. The van der Waals surface area contributed by atoms with E-state index in [0.717, 1.165) is 16.9 Å². The van der Waals surface area contributed by atoms with Crippen molar-refractivity contribution >= 4 is 5.97 Å². The van der Waals surface area contributed by atoms with Crippen molar-refractivity contribution in [2.45, 2.75) is 25.9 Å². The van der Waals surface area contributed by atoms with Gasteiger partial charge in [0, 0.05) is 18.6 Å².